The van der Waals surface area contributed by atoms with E-state index in [0.29, 0.717) is 38.3 Å². The second-order valence-corrected chi connectivity index (χ2v) is 11.0. The summed E-state index contributed by atoms with van der Waals surface area (Å²) in [6.45, 7) is 0.850. The lowest BCUT2D eigenvalue weighted by atomic mass is 9.84. The Bertz CT molecular complexity index is 1150. The molecule has 10 nitrogen and oxygen atoms in total. The van der Waals surface area contributed by atoms with Crippen molar-refractivity contribution in [3.63, 3.8) is 0 Å². The molecule has 3 amide bonds. The number of aliphatic carboxylic acids is 2. The lowest BCUT2D eigenvalue weighted by molar-refractivity contribution is -0.192. The number of rotatable bonds is 14. The normalized spacial score (nSPS) is 14.8. The molecule has 0 aliphatic heterocycles. The van der Waals surface area contributed by atoms with Crippen LogP contribution in [0.1, 0.15) is 74.8 Å². The number of carbonyl (C=O) groups excluding carboxylic acids is 2. The molecule has 1 aliphatic carbocycles. The highest BCUT2D eigenvalue weighted by atomic mass is 19.4. The predicted octanol–water partition coefficient (Wildman–Crippen LogP) is 4.79. The molecule has 2 atom stereocenters. The second-order valence-electron chi connectivity index (χ2n) is 11.0. The van der Waals surface area contributed by atoms with E-state index in [1.807, 2.05) is 60.7 Å². The predicted molar refractivity (Wildman–Crippen MR) is 162 cm³/mol. The van der Waals surface area contributed by atoms with Crippen LogP contribution in [0.4, 0.5) is 18.0 Å². The summed E-state index contributed by atoms with van der Waals surface area (Å²) < 4.78 is 31.7. The van der Waals surface area contributed by atoms with Gasteiger partial charge in [0.05, 0.1) is 0 Å². The van der Waals surface area contributed by atoms with Crippen molar-refractivity contribution in [3.8, 4) is 0 Å². The van der Waals surface area contributed by atoms with Crippen molar-refractivity contribution >= 4 is 23.9 Å². The number of nitrogens with two attached hydrogens (primary N) is 1. The first-order valence-electron chi connectivity index (χ1n) is 15.1. The number of carbonyl (C=O) groups is 4. The summed E-state index contributed by atoms with van der Waals surface area (Å²) in [5.41, 5.74) is 7.70. The third-order valence-corrected chi connectivity index (χ3v) is 7.59. The molecule has 2 aromatic carbocycles. The van der Waals surface area contributed by atoms with E-state index in [4.69, 9.17) is 15.6 Å². The summed E-state index contributed by atoms with van der Waals surface area (Å²) in [5.74, 6) is -3.80. The quantitative estimate of drug-likeness (QED) is 0.162. The maximum atomic E-state index is 13.5. The molecule has 1 fully saturated rings. The van der Waals surface area contributed by atoms with Crippen molar-refractivity contribution in [2.75, 3.05) is 13.1 Å². The van der Waals surface area contributed by atoms with Crippen LogP contribution in [0.2, 0.25) is 0 Å². The second kappa shape index (κ2) is 19.3. The molecule has 0 heterocycles. The zero-order valence-corrected chi connectivity index (χ0v) is 25.1. The summed E-state index contributed by atoms with van der Waals surface area (Å²) in [5, 5.41) is 25.1. The molecule has 0 unspecified atom stereocenters. The molecule has 0 saturated heterocycles. The first-order valence-corrected chi connectivity index (χ1v) is 15.1. The number of benzene rings is 2. The summed E-state index contributed by atoms with van der Waals surface area (Å²) in [7, 11) is 0. The highest BCUT2D eigenvalue weighted by Gasteiger charge is 2.38. The van der Waals surface area contributed by atoms with Gasteiger partial charge in [0.15, 0.2) is 0 Å². The third kappa shape index (κ3) is 14.0. The van der Waals surface area contributed by atoms with Gasteiger partial charge in [0, 0.05) is 12.5 Å². The molecule has 1 saturated carbocycles. The Kier molecular flexibility index (Phi) is 15.9. The van der Waals surface area contributed by atoms with Gasteiger partial charge in [0.25, 0.3) is 0 Å². The van der Waals surface area contributed by atoms with Crippen LogP contribution in [0, 0.1) is 5.92 Å². The molecule has 0 aromatic heterocycles. The molecule has 0 spiro atoms. The topological polar surface area (TPSA) is 171 Å². The van der Waals surface area contributed by atoms with Gasteiger partial charge in [-0.1, -0.05) is 92.8 Å². The van der Waals surface area contributed by atoms with E-state index < -0.39 is 36.2 Å². The van der Waals surface area contributed by atoms with Crippen LogP contribution in [-0.4, -0.2) is 65.4 Å². The first kappa shape index (κ1) is 37.1. The van der Waals surface area contributed by atoms with Crippen LogP contribution in [0.5, 0.6) is 0 Å². The molecule has 45 heavy (non-hydrogen) atoms. The van der Waals surface area contributed by atoms with Gasteiger partial charge in [0.1, 0.15) is 12.1 Å². The van der Waals surface area contributed by atoms with Gasteiger partial charge in [-0.2, -0.15) is 13.2 Å². The summed E-state index contributed by atoms with van der Waals surface area (Å²) >= 11 is 0. The average Bonchev–Trinajstić information content (AvgIpc) is 3.01. The van der Waals surface area contributed by atoms with E-state index >= 15 is 0 Å². The van der Waals surface area contributed by atoms with E-state index in [2.05, 4.69) is 16.0 Å². The number of halogens is 3. The fraction of sp³-hybridized carbons (Fsp3) is 0.500. The SMILES string of the molecule is NCCCC[C@H](NC(=O)N[C@H](CC1CCCCC1)C(=O)NCC(c1ccccc1)c1ccccc1)C(=O)O.O=C(O)C(F)(F)F. The van der Waals surface area contributed by atoms with E-state index in [9.17, 15) is 32.7 Å². The van der Waals surface area contributed by atoms with Gasteiger partial charge in [-0.3, -0.25) is 4.79 Å². The fourth-order valence-corrected chi connectivity index (χ4v) is 5.22. The van der Waals surface area contributed by atoms with Gasteiger partial charge >= 0.3 is 24.1 Å². The lowest BCUT2D eigenvalue weighted by Crippen LogP contribution is -2.54. The number of nitrogens with one attached hydrogen (secondary N) is 3. The number of amides is 3. The summed E-state index contributed by atoms with van der Waals surface area (Å²) in [6, 6.07) is 17.6. The summed E-state index contributed by atoms with van der Waals surface area (Å²) in [6.07, 6.45) is 2.51. The number of unbranched alkanes of at least 4 members (excludes halogenated alkanes) is 1. The standard InChI is InChI=1S/C30H42N4O4.C2HF3O2/c31-19-11-10-18-26(29(36)37)33-30(38)34-27(20-22-12-4-1-5-13-22)28(35)32-21-25(23-14-6-2-7-15-23)24-16-8-3-9-17-24;3-2(4,5)1(6)7/h2-3,6-9,14-17,22,25-27H,1,4-5,10-13,18-21,31H2,(H,32,35)(H,36,37)(H2,33,34,38);(H,6,7)/t26-,27+;/m0./s1. The summed E-state index contributed by atoms with van der Waals surface area (Å²) in [4.78, 5) is 46.9. The van der Waals surface area contributed by atoms with Crippen molar-refractivity contribution in [1.29, 1.82) is 0 Å². The number of carboxylic acid groups (broad SMARTS) is 2. The minimum atomic E-state index is -5.08. The van der Waals surface area contributed by atoms with Gasteiger partial charge in [-0.15, -0.1) is 0 Å². The van der Waals surface area contributed by atoms with Crippen molar-refractivity contribution in [2.24, 2.45) is 11.7 Å². The number of urea groups is 1. The van der Waals surface area contributed by atoms with E-state index in [0.717, 1.165) is 36.8 Å². The molecule has 0 radical (unpaired) electrons. The zero-order chi connectivity index (χ0) is 33.2. The molecule has 0 bridgehead atoms. The van der Waals surface area contributed by atoms with E-state index in [1.54, 1.807) is 0 Å². The van der Waals surface area contributed by atoms with Crippen LogP contribution in [0.3, 0.4) is 0 Å². The number of hydrogen-bond donors (Lipinski definition) is 6. The van der Waals surface area contributed by atoms with Crippen molar-refractivity contribution in [2.45, 2.75) is 82.0 Å². The van der Waals surface area contributed by atoms with Crippen LogP contribution in [0.15, 0.2) is 60.7 Å². The van der Waals surface area contributed by atoms with Gasteiger partial charge in [0.2, 0.25) is 5.91 Å². The highest BCUT2D eigenvalue weighted by Crippen LogP contribution is 2.28. The van der Waals surface area contributed by atoms with Crippen molar-refractivity contribution < 1.29 is 42.6 Å². The van der Waals surface area contributed by atoms with Gasteiger partial charge < -0.3 is 31.9 Å². The zero-order valence-electron chi connectivity index (χ0n) is 25.1. The highest BCUT2D eigenvalue weighted by molar-refractivity contribution is 5.88. The molecule has 13 heteroatoms. The Balaban J connectivity index is 0.000000900. The monoisotopic (exact) mass is 636 g/mol. The number of alkyl halides is 3. The Morgan fingerprint density at radius 3 is 1.80 bits per heavy atom. The molecular formula is C32H43F3N4O6. The average molecular weight is 637 g/mol. The molecule has 7 N–H and O–H groups in total. The van der Waals surface area contributed by atoms with Crippen molar-refractivity contribution in [3.05, 3.63) is 71.8 Å². The van der Waals surface area contributed by atoms with Gasteiger partial charge in [-0.25, -0.2) is 14.4 Å². The largest absolute Gasteiger partial charge is 0.490 e. The molecule has 248 valence electrons. The lowest BCUT2D eigenvalue weighted by Gasteiger charge is -2.28. The Labute approximate surface area is 261 Å². The maximum absolute atomic E-state index is 13.5. The molecule has 2 aromatic rings. The van der Waals surface area contributed by atoms with E-state index in [1.165, 1.54) is 6.42 Å². The fourth-order valence-electron chi connectivity index (χ4n) is 5.22. The number of carboxylic acids is 2. The van der Waals surface area contributed by atoms with Crippen LogP contribution >= 0.6 is 0 Å². The van der Waals surface area contributed by atoms with Gasteiger partial charge in [-0.05, 0) is 49.3 Å². The maximum Gasteiger partial charge on any atom is 0.490 e. The number of hydrogen-bond acceptors (Lipinski definition) is 5. The smallest absolute Gasteiger partial charge is 0.480 e. The van der Waals surface area contributed by atoms with Crippen LogP contribution < -0.4 is 21.7 Å². The molecule has 3 rings (SSSR count). The molecular weight excluding hydrogens is 593 g/mol. The van der Waals surface area contributed by atoms with Crippen LogP contribution in [0.25, 0.3) is 0 Å². The Hall–Kier alpha value is -4.13. The van der Waals surface area contributed by atoms with Crippen molar-refractivity contribution in [1.82, 2.24) is 16.0 Å². The Morgan fingerprint density at radius 2 is 1.33 bits per heavy atom. The molecule has 1 aliphatic rings. The third-order valence-electron chi connectivity index (χ3n) is 7.59. The minimum absolute atomic E-state index is 0.0376. The Morgan fingerprint density at radius 1 is 0.822 bits per heavy atom. The van der Waals surface area contributed by atoms with E-state index in [-0.39, 0.29) is 18.2 Å². The minimum Gasteiger partial charge on any atom is -0.480 e. The van der Waals surface area contributed by atoms with Crippen LogP contribution in [-0.2, 0) is 14.4 Å². The first-order chi connectivity index (χ1) is 21.4.